The van der Waals surface area contributed by atoms with E-state index >= 15 is 0 Å². The molecule has 0 radical (unpaired) electrons. The van der Waals surface area contributed by atoms with Gasteiger partial charge in [0, 0.05) is 32.5 Å². The van der Waals surface area contributed by atoms with Crippen molar-refractivity contribution < 1.29 is 4.79 Å². The molecule has 0 saturated carbocycles. The Kier molecular flexibility index (Phi) is 3.95. The zero-order valence-corrected chi connectivity index (χ0v) is 10.1. The molecular weight excluding hydrogens is 188 g/mol. The molecule has 0 aliphatic heterocycles. The Labute approximate surface area is 91.7 Å². The van der Waals surface area contributed by atoms with Crippen LogP contribution in [0.25, 0.3) is 0 Å². The van der Waals surface area contributed by atoms with Crippen LogP contribution in [0.4, 0.5) is 0 Å². The van der Waals surface area contributed by atoms with Crippen molar-refractivity contribution in [1.82, 2.24) is 9.47 Å². The summed E-state index contributed by atoms with van der Waals surface area (Å²) in [4.78, 5) is 13.4. The van der Waals surface area contributed by atoms with Gasteiger partial charge < -0.3 is 9.47 Å². The number of hydrogen-bond acceptors (Lipinski definition) is 1. The standard InChI is InChI=1S/C12H20N2O/c1-5-7-14-9-10(8-11(14)6-2)12(15)13(3)4/h8-9H,5-7H2,1-4H3. The normalized spacial score (nSPS) is 10.4. The molecule has 0 unspecified atom stereocenters. The summed E-state index contributed by atoms with van der Waals surface area (Å²) in [6, 6.07) is 2.00. The van der Waals surface area contributed by atoms with Gasteiger partial charge in [0.1, 0.15) is 0 Å². The molecule has 1 heterocycles. The van der Waals surface area contributed by atoms with Crippen molar-refractivity contribution in [3.8, 4) is 0 Å². The van der Waals surface area contributed by atoms with Crippen LogP contribution in [-0.4, -0.2) is 29.5 Å². The molecule has 3 heteroatoms. The maximum absolute atomic E-state index is 11.7. The van der Waals surface area contributed by atoms with Crippen LogP contribution in [0.1, 0.15) is 36.3 Å². The van der Waals surface area contributed by atoms with Gasteiger partial charge in [-0.3, -0.25) is 4.79 Å². The van der Waals surface area contributed by atoms with Gasteiger partial charge in [0.15, 0.2) is 0 Å². The third-order valence-electron chi connectivity index (χ3n) is 2.47. The predicted molar refractivity (Wildman–Crippen MR) is 62.1 cm³/mol. The van der Waals surface area contributed by atoms with Gasteiger partial charge in [-0.25, -0.2) is 0 Å². The zero-order chi connectivity index (χ0) is 11.4. The highest BCUT2D eigenvalue weighted by Gasteiger charge is 2.12. The lowest BCUT2D eigenvalue weighted by Gasteiger charge is -2.07. The van der Waals surface area contributed by atoms with E-state index in [1.807, 2.05) is 12.3 Å². The van der Waals surface area contributed by atoms with Crippen LogP contribution in [0.2, 0.25) is 0 Å². The van der Waals surface area contributed by atoms with Crippen molar-refractivity contribution in [3.63, 3.8) is 0 Å². The van der Waals surface area contributed by atoms with Gasteiger partial charge in [0.05, 0.1) is 5.56 Å². The van der Waals surface area contributed by atoms with Gasteiger partial charge in [-0.1, -0.05) is 13.8 Å². The summed E-state index contributed by atoms with van der Waals surface area (Å²) < 4.78 is 2.18. The summed E-state index contributed by atoms with van der Waals surface area (Å²) in [7, 11) is 3.57. The van der Waals surface area contributed by atoms with Crippen molar-refractivity contribution in [2.75, 3.05) is 14.1 Å². The highest BCUT2D eigenvalue weighted by molar-refractivity contribution is 5.93. The van der Waals surface area contributed by atoms with Crippen molar-refractivity contribution in [3.05, 3.63) is 23.5 Å². The van der Waals surface area contributed by atoms with Crippen LogP contribution in [0, 0.1) is 0 Å². The SMILES string of the molecule is CCCn1cc(C(=O)N(C)C)cc1CC. The van der Waals surface area contributed by atoms with Gasteiger partial charge in [0.25, 0.3) is 5.91 Å². The average molecular weight is 208 g/mol. The van der Waals surface area contributed by atoms with Crippen LogP contribution in [-0.2, 0) is 13.0 Å². The Morgan fingerprint density at radius 1 is 1.40 bits per heavy atom. The highest BCUT2D eigenvalue weighted by Crippen LogP contribution is 2.11. The quantitative estimate of drug-likeness (QED) is 0.744. The lowest BCUT2D eigenvalue weighted by Crippen LogP contribution is -2.21. The minimum absolute atomic E-state index is 0.0829. The Balaban J connectivity index is 2.96. The van der Waals surface area contributed by atoms with Gasteiger partial charge in [-0.05, 0) is 18.9 Å². The average Bonchev–Trinajstić information content (AvgIpc) is 2.60. The molecule has 1 amide bonds. The molecule has 15 heavy (non-hydrogen) atoms. The first-order chi connectivity index (χ1) is 7.10. The Morgan fingerprint density at radius 3 is 2.53 bits per heavy atom. The smallest absolute Gasteiger partial charge is 0.254 e. The number of aromatic nitrogens is 1. The molecule has 0 bridgehead atoms. The molecule has 0 aliphatic carbocycles. The second-order valence-corrected chi connectivity index (χ2v) is 3.97. The van der Waals surface area contributed by atoms with E-state index in [0.717, 1.165) is 24.9 Å². The van der Waals surface area contributed by atoms with E-state index in [0.29, 0.717) is 0 Å². The molecule has 0 N–H and O–H groups in total. The predicted octanol–water partition coefficient (Wildman–Crippen LogP) is 2.16. The first-order valence-electron chi connectivity index (χ1n) is 5.50. The summed E-state index contributed by atoms with van der Waals surface area (Å²) in [5.41, 5.74) is 2.03. The molecular formula is C12H20N2O. The van der Waals surface area contributed by atoms with Crippen LogP contribution >= 0.6 is 0 Å². The Morgan fingerprint density at radius 2 is 2.07 bits per heavy atom. The van der Waals surface area contributed by atoms with E-state index in [2.05, 4.69) is 18.4 Å². The monoisotopic (exact) mass is 208 g/mol. The van der Waals surface area contributed by atoms with E-state index in [4.69, 9.17) is 0 Å². The van der Waals surface area contributed by atoms with Gasteiger partial charge in [-0.2, -0.15) is 0 Å². The number of aryl methyl sites for hydroxylation is 2. The number of nitrogens with zero attached hydrogens (tertiary/aromatic N) is 2. The maximum atomic E-state index is 11.7. The molecule has 0 atom stereocenters. The third kappa shape index (κ3) is 2.61. The molecule has 0 fully saturated rings. The second kappa shape index (κ2) is 5.01. The number of rotatable bonds is 4. The number of carbonyl (C=O) groups is 1. The molecule has 0 aliphatic rings. The largest absolute Gasteiger partial charge is 0.351 e. The van der Waals surface area contributed by atoms with E-state index in [-0.39, 0.29) is 5.91 Å². The molecule has 0 aromatic carbocycles. The van der Waals surface area contributed by atoms with Gasteiger partial charge in [-0.15, -0.1) is 0 Å². The number of carbonyl (C=O) groups excluding carboxylic acids is 1. The number of amides is 1. The minimum atomic E-state index is 0.0829. The third-order valence-corrected chi connectivity index (χ3v) is 2.47. The Bertz CT molecular complexity index is 339. The first-order valence-corrected chi connectivity index (χ1v) is 5.50. The van der Waals surface area contributed by atoms with Crippen molar-refractivity contribution >= 4 is 5.91 Å². The molecule has 84 valence electrons. The Hall–Kier alpha value is -1.25. The van der Waals surface area contributed by atoms with Crippen LogP contribution in [0.5, 0.6) is 0 Å². The molecule has 1 aromatic rings. The lowest BCUT2D eigenvalue weighted by atomic mass is 10.2. The van der Waals surface area contributed by atoms with Crippen LogP contribution < -0.4 is 0 Å². The van der Waals surface area contributed by atoms with Crippen LogP contribution in [0.15, 0.2) is 12.3 Å². The molecule has 1 aromatic heterocycles. The molecule has 3 nitrogen and oxygen atoms in total. The topological polar surface area (TPSA) is 25.2 Å². The fourth-order valence-electron chi connectivity index (χ4n) is 1.68. The fourth-order valence-corrected chi connectivity index (χ4v) is 1.68. The first kappa shape index (κ1) is 11.8. The molecule has 0 spiro atoms. The highest BCUT2D eigenvalue weighted by atomic mass is 16.2. The van der Waals surface area contributed by atoms with Crippen molar-refractivity contribution in [1.29, 1.82) is 0 Å². The van der Waals surface area contributed by atoms with Gasteiger partial charge in [0.2, 0.25) is 0 Å². The number of hydrogen-bond donors (Lipinski definition) is 0. The van der Waals surface area contributed by atoms with E-state index in [9.17, 15) is 4.79 Å². The maximum Gasteiger partial charge on any atom is 0.254 e. The zero-order valence-electron chi connectivity index (χ0n) is 10.1. The summed E-state index contributed by atoms with van der Waals surface area (Å²) in [6.45, 7) is 5.25. The van der Waals surface area contributed by atoms with E-state index < -0.39 is 0 Å². The minimum Gasteiger partial charge on any atom is -0.351 e. The van der Waals surface area contributed by atoms with Gasteiger partial charge >= 0.3 is 0 Å². The van der Waals surface area contributed by atoms with E-state index in [1.54, 1.807) is 19.0 Å². The van der Waals surface area contributed by atoms with E-state index in [1.165, 1.54) is 5.69 Å². The second-order valence-electron chi connectivity index (χ2n) is 3.97. The lowest BCUT2D eigenvalue weighted by molar-refractivity contribution is 0.0827. The fraction of sp³-hybridized carbons (Fsp3) is 0.583. The summed E-state index contributed by atoms with van der Waals surface area (Å²) in [5, 5.41) is 0. The summed E-state index contributed by atoms with van der Waals surface area (Å²) in [6.07, 6.45) is 4.03. The van der Waals surface area contributed by atoms with Crippen molar-refractivity contribution in [2.45, 2.75) is 33.2 Å². The molecule has 0 saturated heterocycles. The summed E-state index contributed by atoms with van der Waals surface area (Å²) >= 11 is 0. The molecule has 1 rings (SSSR count). The summed E-state index contributed by atoms with van der Waals surface area (Å²) in [5.74, 6) is 0.0829. The van der Waals surface area contributed by atoms with Crippen LogP contribution in [0.3, 0.4) is 0 Å². The van der Waals surface area contributed by atoms with Crippen molar-refractivity contribution in [2.24, 2.45) is 0 Å².